The molecule has 5 aliphatic rings. The van der Waals surface area contributed by atoms with Gasteiger partial charge >= 0.3 is 6.03 Å². The van der Waals surface area contributed by atoms with Crippen LogP contribution in [0.25, 0.3) is 22.3 Å². The molecule has 0 radical (unpaired) electrons. The summed E-state index contributed by atoms with van der Waals surface area (Å²) >= 11 is 0. The van der Waals surface area contributed by atoms with E-state index in [-0.39, 0.29) is 35.7 Å². The molecule has 3 saturated heterocycles. The minimum Gasteiger partial charge on any atom is -0.507 e. The number of urea groups is 1. The number of aromatic hydroxyl groups is 1. The number of nitrogens with one attached hydrogen (secondary N) is 2. The first-order valence-corrected chi connectivity index (χ1v) is 22.2. The fourth-order valence-corrected chi connectivity index (χ4v) is 9.33. The van der Waals surface area contributed by atoms with Gasteiger partial charge in [0.15, 0.2) is 5.82 Å². The number of hydrogen-bond acceptors (Lipinski definition) is 11. The van der Waals surface area contributed by atoms with Gasteiger partial charge in [0.1, 0.15) is 17.5 Å². The van der Waals surface area contributed by atoms with Crippen LogP contribution in [0, 0.1) is 5.92 Å². The Morgan fingerprint density at radius 3 is 2.45 bits per heavy atom. The fourth-order valence-electron chi connectivity index (χ4n) is 9.33. The summed E-state index contributed by atoms with van der Waals surface area (Å²) in [5.41, 5.74) is 12.8. The van der Waals surface area contributed by atoms with Crippen molar-refractivity contribution in [1.29, 1.82) is 0 Å². The number of carbonyl (C=O) groups is 3. The highest BCUT2D eigenvalue weighted by atomic mass is 16.5. The Morgan fingerprint density at radius 2 is 1.71 bits per heavy atom. The van der Waals surface area contributed by atoms with E-state index in [2.05, 4.69) is 42.2 Å². The van der Waals surface area contributed by atoms with Gasteiger partial charge in [0.25, 0.3) is 5.91 Å². The molecular formula is C47H56N10O5. The number of pyridine rings is 1. The number of amides is 4. The van der Waals surface area contributed by atoms with Crippen LogP contribution in [0.3, 0.4) is 0 Å². The lowest BCUT2D eigenvalue weighted by Gasteiger charge is -2.40. The van der Waals surface area contributed by atoms with Gasteiger partial charge < -0.3 is 30.4 Å². The van der Waals surface area contributed by atoms with Crippen molar-refractivity contribution in [2.75, 3.05) is 68.0 Å². The van der Waals surface area contributed by atoms with Gasteiger partial charge in [-0.05, 0) is 92.0 Å². The summed E-state index contributed by atoms with van der Waals surface area (Å²) in [6.07, 6.45) is 13.1. The van der Waals surface area contributed by atoms with Crippen molar-refractivity contribution >= 4 is 46.1 Å². The van der Waals surface area contributed by atoms with Crippen LogP contribution in [0.1, 0.15) is 91.8 Å². The van der Waals surface area contributed by atoms with Crippen molar-refractivity contribution in [2.45, 2.75) is 76.4 Å². The Bertz CT molecular complexity index is 2400. The maximum Gasteiger partial charge on any atom is 0.328 e. The predicted molar refractivity (Wildman–Crippen MR) is 238 cm³/mol. The van der Waals surface area contributed by atoms with Crippen molar-refractivity contribution < 1.29 is 24.2 Å². The van der Waals surface area contributed by atoms with Crippen molar-refractivity contribution in [3.8, 4) is 17.0 Å². The number of aromatic nitrogens is 4. The van der Waals surface area contributed by atoms with E-state index in [0.29, 0.717) is 49.1 Å². The quantitative estimate of drug-likeness (QED) is 0.132. The number of nitrogen functional groups attached to an aromatic ring is 1. The molecule has 2 atom stereocenters. The van der Waals surface area contributed by atoms with Crippen LogP contribution < -0.4 is 20.9 Å². The van der Waals surface area contributed by atoms with E-state index >= 15 is 0 Å². The predicted octanol–water partition coefficient (Wildman–Crippen LogP) is 6.62. The molecule has 0 bridgehead atoms. The normalized spacial score (nSPS) is 21.4. The highest BCUT2D eigenvalue weighted by Gasteiger charge is 2.32. The first-order valence-electron chi connectivity index (χ1n) is 22.2. The molecule has 324 valence electrons. The first-order chi connectivity index (χ1) is 30.2. The Morgan fingerprint density at radius 1 is 0.935 bits per heavy atom. The van der Waals surface area contributed by atoms with Gasteiger partial charge in [-0.25, -0.2) is 9.78 Å². The van der Waals surface area contributed by atoms with E-state index in [9.17, 15) is 19.5 Å². The van der Waals surface area contributed by atoms with Crippen molar-refractivity contribution in [3.05, 3.63) is 89.7 Å². The molecule has 2 unspecified atom stereocenters. The maximum absolute atomic E-state index is 13.3. The third-order valence-corrected chi connectivity index (χ3v) is 13.1. The number of phenols is 1. The molecule has 2 saturated carbocycles. The Balaban J connectivity index is 0.000000203. The molecule has 15 heteroatoms. The zero-order valence-electron chi connectivity index (χ0n) is 35.3. The summed E-state index contributed by atoms with van der Waals surface area (Å²) in [6.45, 7) is 8.27. The molecule has 2 aromatic carbocycles. The summed E-state index contributed by atoms with van der Waals surface area (Å²) < 4.78 is 6.23. The number of ether oxygens (including phenoxy) is 1. The number of benzene rings is 2. The minimum atomic E-state index is -0.370. The summed E-state index contributed by atoms with van der Waals surface area (Å²) in [7, 11) is 0. The highest BCUT2D eigenvalue weighted by Crippen LogP contribution is 2.43. The van der Waals surface area contributed by atoms with Crippen LogP contribution in [0.2, 0.25) is 0 Å². The molecule has 62 heavy (non-hydrogen) atoms. The number of para-hydroxylation sites is 1. The lowest BCUT2D eigenvalue weighted by Crippen LogP contribution is -2.49. The number of aromatic amines is 1. The number of hydrogen-bond donors (Lipinski definition) is 4. The summed E-state index contributed by atoms with van der Waals surface area (Å²) in [5, 5.41) is 22.2. The summed E-state index contributed by atoms with van der Waals surface area (Å²) in [6, 6.07) is 18.5. The second-order valence-corrected chi connectivity index (χ2v) is 17.4. The zero-order chi connectivity index (χ0) is 42.7. The third kappa shape index (κ3) is 9.09. The van der Waals surface area contributed by atoms with Crippen molar-refractivity contribution in [3.63, 3.8) is 0 Å². The van der Waals surface area contributed by atoms with Gasteiger partial charge in [-0.3, -0.25) is 24.7 Å². The lowest BCUT2D eigenvalue weighted by molar-refractivity contribution is -0.120. The van der Waals surface area contributed by atoms with Crippen LogP contribution in [-0.4, -0.2) is 111 Å². The van der Waals surface area contributed by atoms with Crippen LogP contribution in [0.5, 0.6) is 5.75 Å². The van der Waals surface area contributed by atoms with E-state index in [1.54, 1.807) is 23.2 Å². The number of rotatable bonds is 8. The van der Waals surface area contributed by atoms with Gasteiger partial charge in [-0.2, -0.15) is 0 Å². The molecular weight excluding hydrogens is 785 g/mol. The second kappa shape index (κ2) is 18.1. The molecule has 0 spiro atoms. The number of phenolic OH excluding ortho intramolecular Hbond substituents is 1. The fraction of sp³-hybridized carbons (Fsp3) is 0.447. The maximum atomic E-state index is 13.3. The second-order valence-electron chi connectivity index (χ2n) is 17.4. The van der Waals surface area contributed by atoms with Crippen molar-refractivity contribution in [2.24, 2.45) is 5.92 Å². The van der Waals surface area contributed by atoms with Crippen LogP contribution in [0.4, 0.5) is 22.0 Å². The van der Waals surface area contributed by atoms with E-state index in [0.717, 1.165) is 65.6 Å². The first kappa shape index (κ1) is 41.3. The molecule has 5 aromatic rings. The van der Waals surface area contributed by atoms with Crippen LogP contribution >= 0.6 is 0 Å². The molecule has 5 N–H and O–H groups in total. The number of nitrogens with two attached hydrogens (primary N) is 1. The Kier molecular flexibility index (Phi) is 12.1. The zero-order valence-corrected chi connectivity index (χ0v) is 35.3. The van der Waals surface area contributed by atoms with Gasteiger partial charge in [0, 0.05) is 81.0 Å². The van der Waals surface area contributed by atoms with Gasteiger partial charge in [-0.1, -0.05) is 43.5 Å². The summed E-state index contributed by atoms with van der Waals surface area (Å²) in [5.74, 6) is 1.82. The smallest absolute Gasteiger partial charge is 0.328 e. The van der Waals surface area contributed by atoms with Crippen LogP contribution in [-0.2, 0) is 9.53 Å². The molecule has 6 heterocycles. The standard InChI is InChI=1S/C33H42N6O3.C14H14N4O2/c1-23-22-42-31(21-39(23)29-19-28(35-36-32(29)34)27-9-5-6-10-30(27)40)25-11-13-26(14-12-25)33(41)38-17-15-37(16-18-38)20-24-7-3-2-4-8-24;19-12-3-4-18(14(20)17-12)9-5-10-11(8-1-2-8)7-16-13(10)15-6-9/h5-6,9-14,19,23-24,31,40H,2-4,7-8,15-18,20-22H2,1H3,(H2,34,36);5-8H,1-4H2,(H,15,16)(H,17,19,20). The van der Waals surface area contributed by atoms with E-state index in [4.69, 9.17) is 10.5 Å². The van der Waals surface area contributed by atoms with E-state index in [1.807, 2.05) is 59.6 Å². The SMILES string of the molecule is CC1COC(c2ccc(C(=O)N3CCN(CC4CCCCC4)CC3)cc2)CN1c1cc(-c2ccccc2O)nnc1N.O=C1CCN(c2cnc3[nH]cc(C4CC4)c3c2)C(=O)N1. The molecule has 4 amide bonds. The van der Waals surface area contributed by atoms with E-state index < -0.39 is 0 Å². The number of imide groups is 1. The molecule has 15 nitrogen and oxygen atoms in total. The molecule has 3 aliphatic heterocycles. The molecule has 5 fully saturated rings. The number of carbonyl (C=O) groups excluding carboxylic acids is 3. The highest BCUT2D eigenvalue weighted by molar-refractivity contribution is 6.06. The molecule has 2 aliphatic carbocycles. The monoisotopic (exact) mass is 840 g/mol. The van der Waals surface area contributed by atoms with Gasteiger partial charge in [0.05, 0.1) is 29.9 Å². The average molecular weight is 841 g/mol. The number of H-pyrrole nitrogens is 1. The van der Waals surface area contributed by atoms with Crippen molar-refractivity contribution in [1.82, 2.24) is 35.3 Å². The average Bonchev–Trinajstić information content (AvgIpc) is 4.06. The van der Waals surface area contributed by atoms with Crippen LogP contribution in [0.15, 0.2) is 73.1 Å². The minimum absolute atomic E-state index is 0.0719. The van der Waals surface area contributed by atoms with Gasteiger partial charge in [0.2, 0.25) is 5.91 Å². The van der Waals surface area contributed by atoms with Gasteiger partial charge in [-0.15, -0.1) is 10.2 Å². The third-order valence-electron chi connectivity index (χ3n) is 13.1. The number of fused-ring (bicyclic) bond motifs is 1. The largest absolute Gasteiger partial charge is 0.507 e. The number of morpholine rings is 1. The number of piperazine rings is 1. The Labute approximate surface area is 361 Å². The lowest BCUT2D eigenvalue weighted by atomic mass is 9.89. The number of anilines is 3. The number of nitrogens with zero attached hydrogens (tertiary/aromatic N) is 7. The Hall–Kier alpha value is -6.06. The van der Waals surface area contributed by atoms with E-state index in [1.165, 1.54) is 57.1 Å². The summed E-state index contributed by atoms with van der Waals surface area (Å²) in [4.78, 5) is 52.2. The topological polar surface area (TPSA) is 186 Å². The molecule has 10 rings (SSSR count). The molecule has 3 aromatic heterocycles.